The van der Waals surface area contributed by atoms with Gasteiger partial charge in [0.15, 0.2) is 0 Å². The van der Waals surface area contributed by atoms with Crippen molar-refractivity contribution in [3.8, 4) is 0 Å². The lowest BCUT2D eigenvalue weighted by molar-refractivity contribution is -0.137. The fraction of sp³-hybridized carbons (Fsp3) is 0.571. The molecule has 1 aromatic heterocycles. The van der Waals surface area contributed by atoms with Gasteiger partial charge in [-0.15, -0.1) is 0 Å². The second kappa shape index (κ2) is 4.98. The Bertz CT molecular complexity index is 553. The predicted octanol–water partition coefficient (Wildman–Crippen LogP) is 2.21. The summed E-state index contributed by atoms with van der Waals surface area (Å²) in [6.45, 7) is 2.13. The van der Waals surface area contributed by atoms with Crippen LogP contribution >= 0.6 is 0 Å². The predicted molar refractivity (Wildman–Crippen MR) is 70.7 cm³/mol. The maximum Gasteiger partial charge on any atom is 0.416 e. The Morgan fingerprint density at radius 1 is 1.33 bits per heavy atom. The lowest BCUT2D eigenvalue weighted by atomic mass is 9.77. The van der Waals surface area contributed by atoms with Gasteiger partial charge in [-0.2, -0.15) is 13.2 Å². The molecular formula is C14H16F3N3O. The zero-order valence-electron chi connectivity index (χ0n) is 11.4. The van der Waals surface area contributed by atoms with Crippen LogP contribution in [0, 0.1) is 5.41 Å². The maximum atomic E-state index is 12.7. The van der Waals surface area contributed by atoms with Crippen molar-refractivity contribution in [1.82, 2.24) is 10.3 Å². The summed E-state index contributed by atoms with van der Waals surface area (Å²) in [7, 11) is 0. The number of hydrogen-bond acceptors (Lipinski definition) is 3. The molecule has 2 aliphatic rings. The van der Waals surface area contributed by atoms with Gasteiger partial charge >= 0.3 is 6.18 Å². The zero-order valence-corrected chi connectivity index (χ0v) is 11.4. The summed E-state index contributed by atoms with van der Waals surface area (Å²) in [5.74, 6) is -0.0487. The Kier molecular flexibility index (Phi) is 3.39. The molecule has 1 spiro atoms. The summed E-state index contributed by atoms with van der Waals surface area (Å²) >= 11 is 0. The molecule has 2 aliphatic heterocycles. The van der Waals surface area contributed by atoms with Crippen LogP contribution in [0.15, 0.2) is 18.3 Å². The van der Waals surface area contributed by atoms with Gasteiger partial charge in [-0.05, 0) is 36.9 Å². The van der Waals surface area contributed by atoms with Crippen LogP contribution in [0.5, 0.6) is 0 Å². The van der Waals surface area contributed by atoms with Crippen LogP contribution in [0.3, 0.4) is 0 Å². The number of pyridine rings is 1. The average Bonchev–Trinajstić information content (AvgIpc) is 2.86. The Morgan fingerprint density at radius 2 is 2.14 bits per heavy atom. The van der Waals surface area contributed by atoms with E-state index in [1.54, 1.807) is 0 Å². The molecule has 0 aliphatic carbocycles. The molecule has 0 radical (unpaired) electrons. The van der Waals surface area contributed by atoms with E-state index < -0.39 is 11.7 Å². The standard InChI is InChI=1S/C14H16F3N3O/c15-14(16,17)10-1-4-19-11(7-10)20-6-3-13(8-12(20)21)2-5-18-9-13/h1,4,7,18H,2-3,5-6,8-9H2. The summed E-state index contributed by atoms with van der Waals surface area (Å²) in [6, 6.07) is 1.86. The highest BCUT2D eigenvalue weighted by atomic mass is 19.4. The average molecular weight is 299 g/mol. The number of nitrogens with zero attached hydrogens (tertiary/aromatic N) is 2. The van der Waals surface area contributed by atoms with Gasteiger partial charge in [0.25, 0.3) is 0 Å². The minimum Gasteiger partial charge on any atom is -0.316 e. The Hall–Kier alpha value is -1.63. The van der Waals surface area contributed by atoms with E-state index in [1.165, 1.54) is 4.90 Å². The van der Waals surface area contributed by atoms with E-state index in [4.69, 9.17) is 0 Å². The van der Waals surface area contributed by atoms with Crippen LogP contribution in [0.4, 0.5) is 19.0 Å². The number of nitrogens with one attached hydrogen (secondary N) is 1. The summed E-state index contributed by atoms with van der Waals surface area (Å²) in [4.78, 5) is 17.6. The van der Waals surface area contributed by atoms with E-state index in [1.807, 2.05) is 0 Å². The lowest BCUT2D eigenvalue weighted by Gasteiger charge is -2.37. The minimum absolute atomic E-state index is 0.0186. The molecule has 21 heavy (non-hydrogen) atoms. The highest BCUT2D eigenvalue weighted by Gasteiger charge is 2.42. The Labute approximate surface area is 120 Å². The second-order valence-electron chi connectivity index (χ2n) is 5.80. The number of amides is 1. The summed E-state index contributed by atoms with van der Waals surface area (Å²) in [5, 5.41) is 3.25. The third-order valence-electron chi connectivity index (χ3n) is 4.37. The van der Waals surface area contributed by atoms with Gasteiger partial charge in [0.1, 0.15) is 5.82 Å². The van der Waals surface area contributed by atoms with Crippen LogP contribution in [0.25, 0.3) is 0 Å². The molecule has 2 fully saturated rings. The number of carbonyl (C=O) groups excluding carboxylic acids is 1. The summed E-state index contributed by atoms with van der Waals surface area (Å²) in [6.07, 6.45) is -1.20. The van der Waals surface area contributed by atoms with Gasteiger partial charge in [-0.25, -0.2) is 4.98 Å². The zero-order chi connectivity index (χ0) is 15.1. The topological polar surface area (TPSA) is 45.2 Å². The number of anilines is 1. The summed E-state index contributed by atoms with van der Waals surface area (Å²) < 4.78 is 38.2. The van der Waals surface area contributed by atoms with Crippen molar-refractivity contribution in [2.45, 2.75) is 25.4 Å². The molecule has 2 saturated heterocycles. The Morgan fingerprint density at radius 3 is 2.76 bits per heavy atom. The second-order valence-corrected chi connectivity index (χ2v) is 5.80. The first-order valence-corrected chi connectivity index (χ1v) is 6.94. The van der Waals surface area contributed by atoms with Gasteiger partial charge < -0.3 is 5.32 Å². The largest absolute Gasteiger partial charge is 0.416 e. The highest BCUT2D eigenvalue weighted by Crippen LogP contribution is 2.39. The molecule has 0 aromatic carbocycles. The van der Waals surface area contributed by atoms with Crippen molar-refractivity contribution in [1.29, 1.82) is 0 Å². The number of halogens is 3. The fourth-order valence-corrected chi connectivity index (χ4v) is 3.12. The highest BCUT2D eigenvalue weighted by molar-refractivity contribution is 5.93. The number of piperidine rings is 1. The molecule has 0 saturated carbocycles. The van der Waals surface area contributed by atoms with Crippen LogP contribution in [0.2, 0.25) is 0 Å². The molecule has 1 amide bonds. The van der Waals surface area contributed by atoms with E-state index in [0.717, 1.165) is 44.3 Å². The Balaban J connectivity index is 1.80. The fourth-order valence-electron chi connectivity index (χ4n) is 3.12. The first-order valence-electron chi connectivity index (χ1n) is 6.94. The van der Waals surface area contributed by atoms with E-state index in [-0.39, 0.29) is 17.1 Å². The van der Waals surface area contributed by atoms with Crippen molar-refractivity contribution in [3.63, 3.8) is 0 Å². The third kappa shape index (κ3) is 2.74. The monoisotopic (exact) mass is 299 g/mol. The molecule has 0 bridgehead atoms. The van der Waals surface area contributed by atoms with Gasteiger partial charge in [0.05, 0.1) is 5.56 Å². The van der Waals surface area contributed by atoms with E-state index >= 15 is 0 Å². The van der Waals surface area contributed by atoms with Crippen LogP contribution in [0.1, 0.15) is 24.8 Å². The maximum absolute atomic E-state index is 12.7. The number of alkyl halides is 3. The third-order valence-corrected chi connectivity index (χ3v) is 4.37. The molecule has 114 valence electrons. The van der Waals surface area contributed by atoms with Crippen LogP contribution < -0.4 is 10.2 Å². The number of aromatic nitrogens is 1. The molecule has 1 unspecified atom stereocenters. The van der Waals surface area contributed by atoms with Crippen molar-refractivity contribution in [3.05, 3.63) is 23.9 Å². The molecule has 7 heteroatoms. The van der Waals surface area contributed by atoms with E-state index in [0.29, 0.717) is 13.0 Å². The molecular weight excluding hydrogens is 283 g/mol. The molecule has 1 aromatic rings. The van der Waals surface area contributed by atoms with Crippen molar-refractivity contribution < 1.29 is 18.0 Å². The SMILES string of the molecule is O=C1CC2(CCNC2)CCN1c1cc(C(F)(F)F)ccn1. The van der Waals surface area contributed by atoms with Crippen molar-refractivity contribution in [2.75, 3.05) is 24.5 Å². The minimum atomic E-state index is -4.42. The van der Waals surface area contributed by atoms with Crippen molar-refractivity contribution in [2.24, 2.45) is 5.41 Å². The molecule has 4 nitrogen and oxygen atoms in total. The number of carbonyl (C=O) groups is 1. The van der Waals surface area contributed by atoms with Crippen LogP contribution in [-0.2, 0) is 11.0 Å². The summed E-state index contributed by atoms with van der Waals surface area (Å²) in [5.41, 5.74) is -0.794. The lowest BCUT2D eigenvalue weighted by Crippen LogP contribution is -2.45. The smallest absolute Gasteiger partial charge is 0.316 e. The van der Waals surface area contributed by atoms with E-state index in [2.05, 4.69) is 10.3 Å². The van der Waals surface area contributed by atoms with Gasteiger partial charge in [0.2, 0.25) is 5.91 Å². The van der Waals surface area contributed by atoms with Gasteiger partial charge in [-0.3, -0.25) is 9.69 Å². The number of rotatable bonds is 1. The van der Waals surface area contributed by atoms with Crippen LogP contribution in [-0.4, -0.2) is 30.5 Å². The number of hydrogen-bond donors (Lipinski definition) is 1. The van der Waals surface area contributed by atoms with Crippen molar-refractivity contribution >= 4 is 11.7 Å². The van der Waals surface area contributed by atoms with Gasteiger partial charge in [-0.1, -0.05) is 0 Å². The molecule has 3 heterocycles. The molecule has 3 rings (SSSR count). The first kappa shape index (κ1) is 14.3. The van der Waals surface area contributed by atoms with Gasteiger partial charge in [0, 0.05) is 25.7 Å². The normalized spacial score (nSPS) is 26.6. The first-order chi connectivity index (χ1) is 9.90. The quantitative estimate of drug-likeness (QED) is 0.865. The molecule has 1 atom stereocenters. The van der Waals surface area contributed by atoms with E-state index in [9.17, 15) is 18.0 Å². The molecule has 1 N–H and O–H groups in total.